The van der Waals surface area contributed by atoms with E-state index in [1.807, 2.05) is 183 Å². The van der Waals surface area contributed by atoms with Gasteiger partial charge in [-0.15, -0.1) is 0 Å². The maximum absolute atomic E-state index is 14.8. The molecule has 0 unspecified atom stereocenters. The second-order valence-electron chi connectivity index (χ2n) is 31.4. The Morgan fingerprint density at radius 1 is 0.417 bits per heavy atom. The van der Waals surface area contributed by atoms with Gasteiger partial charge in [0.25, 0.3) is 0 Å². The van der Waals surface area contributed by atoms with Gasteiger partial charge in [-0.2, -0.15) is 0 Å². The number of ether oxygens (including phenoxy) is 1. The number of aromatic nitrogens is 1. The number of aliphatic carboxylic acids is 4. The third-order valence-electron chi connectivity index (χ3n) is 23.2. The number of methoxy groups -OCH3 is 1. The van der Waals surface area contributed by atoms with E-state index in [0.717, 1.165) is 211 Å². The maximum Gasteiger partial charge on any atom is 0.328 e. The lowest BCUT2D eigenvalue weighted by Gasteiger charge is -2.19. The summed E-state index contributed by atoms with van der Waals surface area (Å²) in [6.45, 7) is 18.1. The van der Waals surface area contributed by atoms with Gasteiger partial charge in [-0.3, -0.25) is 4.98 Å². The van der Waals surface area contributed by atoms with Crippen molar-refractivity contribution >= 4 is 167 Å². The SMILES string of the molecule is CC/C(=C(\C1=C(Cl)c2ccccc2C1)c1ccc(/C=C/C(=O)O)cc1)c1ccc(Cl)cc1C.CC/C(=C(\C1=Cc2ccccc2C1)c1ccc(/C=C/C(=O)O)cc1)c1ccc(F)cc1F.CC/C(=C(\C1=Cc2cnccc2C1)c1ccc(/C=C/C(=O)O)cc1)c1ccc(F)cc1Cl.[C-]#[N+]c1cc(OC)ccc1/C(CC)=C(/C1=C(Cl)c2ccccc2C1)c1ccc(/C=C/C(=O)O)cc1. The van der Waals surface area contributed by atoms with Crippen LogP contribution >= 0.6 is 46.4 Å². The molecule has 0 fully saturated rings. The Kier molecular flexibility index (Phi) is 31.9. The van der Waals surface area contributed by atoms with Crippen molar-refractivity contribution in [2.75, 3.05) is 7.11 Å². The summed E-state index contributed by atoms with van der Waals surface area (Å²) in [5.74, 6) is -4.89. The monoisotopic (exact) mass is 1830 g/mol. The molecule has 18 heteroatoms. The number of carbonyl (C=O) groups is 4. The number of allylic oxidation sites excluding steroid dienone is 12. The Bertz CT molecular complexity index is 6730. The zero-order valence-corrected chi connectivity index (χ0v) is 76.2. The molecule has 16 rings (SSSR count). The van der Waals surface area contributed by atoms with Crippen LogP contribution in [-0.4, -0.2) is 56.4 Å². The van der Waals surface area contributed by atoms with Crippen LogP contribution in [0.2, 0.25) is 10.0 Å². The highest BCUT2D eigenvalue weighted by Gasteiger charge is 2.31. The van der Waals surface area contributed by atoms with Gasteiger partial charge in [0, 0.05) is 66.2 Å². The number of benzene rings is 11. The zero-order valence-electron chi connectivity index (χ0n) is 73.1. The van der Waals surface area contributed by atoms with Gasteiger partial charge >= 0.3 is 23.9 Å². The molecule has 0 aliphatic heterocycles. The first kappa shape index (κ1) is 95.2. The van der Waals surface area contributed by atoms with Crippen LogP contribution in [0.4, 0.5) is 18.9 Å². The molecule has 4 N–H and O–H groups in total. The molecule has 660 valence electrons. The van der Waals surface area contributed by atoms with E-state index in [4.69, 9.17) is 78.1 Å². The fourth-order valence-corrected chi connectivity index (χ4v) is 18.3. The van der Waals surface area contributed by atoms with Crippen LogP contribution in [0.25, 0.3) is 96.0 Å². The largest absolute Gasteiger partial charge is 0.498 e. The van der Waals surface area contributed by atoms with E-state index in [-0.39, 0.29) is 5.82 Å². The standard InChI is InChI=1S/C30H24ClNO3.C29H24Cl2O2.C28H22F2O2.C27H21ClFNO2/c1-4-23(25-15-14-22(35-3)18-27(25)32-2)29(20-12-9-19(10-13-20)11-16-28(33)34)26-17-21-7-5-6-8-24(21)30(26)31;1-3-23(24-14-13-22(30)16-18(24)2)28(20-11-8-19(9-12-20)10-15-27(32)33)26-17-21-6-4-5-7-25(21)29(26)31;1-2-24(25-13-12-23(29)17-26(25)30)28(22-15-20-5-3-4-6-21(20)16-22)19-10-7-18(8-11-19)9-14-27(31)32;1-2-23(24-9-8-22(29)15-25(24)28)27(20-13-19-11-12-30-16-21(19)14-20)18-6-3-17(4-7-18)5-10-26(31)32/h5-16,18H,4,17H2,1,3H3,(H,33,34);4-16H,3,17H2,1-2H3,(H,32,33);3-15,17H,2,16H2,1H3,(H,31,32);3-12,14-16H,2,13H2,1H3,(H,31,32)/b16-11+,29-23+;15-10+,28-23+;14-9+,28-24+;10-5+,27-23+. The van der Waals surface area contributed by atoms with Crippen molar-refractivity contribution in [1.29, 1.82) is 0 Å². The Balaban J connectivity index is 0.000000150. The summed E-state index contributed by atoms with van der Waals surface area (Å²) in [6.07, 6.45) is 24.3. The minimum Gasteiger partial charge on any atom is -0.498 e. The first-order valence-corrected chi connectivity index (χ1v) is 44.4. The van der Waals surface area contributed by atoms with E-state index >= 15 is 0 Å². The summed E-state index contributed by atoms with van der Waals surface area (Å²) in [5.41, 5.74) is 33.5. The Morgan fingerprint density at radius 2 is 0.803 bits per heavy atom. The van der Waals surface area contributed by atoms with Crippen LogP contribution in [0.15, 0.2) is 308 Å². The van der Waals surface area contributed by atoms with Crippen LogP contribution in [0.3, 0.4) is 0 Å². The molecule has 1 heterocycles. The number of nitrogens with zero attached hydrogens (tertiary/aromatic N) is 2. The van der Waals surface area contributed by atoms with Gasteiger partial charge in [0.1, 0.15) is 23.2 Å². The van der Waals surface area contributed by atoms with Gasteiger partial charge in [0.05, 0.1) is 28.8 Å². The van der Waals surface area contributed by atoms with Gasteiger partial charge in [0.15, 0.2) is 5.69 Å². The molecule has 0 saturated carbocycles. The normalized spacial score (nSPS) is 13.7. The highest BCUT2D eigenvalue weighted by atomic mass is 35.5. The van der Waals surface area contributed by atoms with Crippen molar-refractivity contribution in [2.45, 2.75) is 86.0 Å². The number of rotatable bonds is 25. The minimum absolute atomic E-state index is 0.371. The lowest BCUT2D eigenvalue weighted by molar-refractivity contribution is -0.132. The first-order valence-electron chi connectivity index (χ1n) is 42.9. The average molecular weight is 1830 g/mol. The van der Waals surface area contributed by atoms with Gasteiger partial charge in [-0.25, -0.2) is 37.2 Å². The minimum atomic E-state index is -1.01. The molecule has 4 aliphatic rings. The van der Waals surface area contributed by atoms with Crippen molar-refractivity contribution in [3.8, 4) is 5.75 Å². The lowest BCUT2D eigenvalue weighted by atomic mass is 9.85. The first-order chi connectivity index (χ1) is 63.8. The summed E-state index contributed by atoms with van der Waals surface area (Å²) in [5, 5.41) is 38.2. The van der Waals surface area contributed by atoms with Gasteiger partial charge in [-0.05, 0) is 309 Å². The van der Waals surface area contributed by atoms with Gasteiger partial charge in [-0.1, -0.05) is 268 Å². The predicted octanol–water partition coefficient (Wildman–Crippen LogP) is 30.1. The van der Waals surface area contributed by atoms with E-state index < -0.39 is 35.5 Å². The number of hydrogen-bond acceptors (Lipinski definition) is 6. The van der Waals surface area contributed by atoms with Crippen molar-refractivity contribution in [3.05, 3.63) is 463 Å². The molecule has 4 aliphatic carbocycles. The molecule has 11 aromatic carbocycles. The van der Waals surface area contributed by atoms with Crippen molar-refractivity contribution in [1.82, 2.24) is 4.98 Å². The summed E-state index contributed by atoms with van der Waals surface area (Å²) in [6, 6.07) is 77.2. The number of aryl methyl sites for hydroxylation is 1. The maximum atomic E-state index is 14.8. The summed E-state index contributed by atoms with van der Waals surface area (Å²) < 4.78 is 47.4. The zero-order chi connectivity index (χ0) is 93.8. The van der Waals surface area contributed by atoms with E-state index in [2.05, 4.69) is 86.1 Å². The topological polar surface area (TPSA) is 176 Å². The van der Waals surface area contributed by atoms with Gasteiger partial charge < -0.3 is 25.2 Å². The van der Waals surface area contributed by atoms with E-state index in [1.165, 1.54) is 58.2 Å². The number of carboxylic acid groups (broad SMARTS) is 4. The molecule has 0 saturated heterocycles. The van der Waals surface area contributed by atoms with Crippen LogP contribution in [0.1, 0.15) is 170 Å². The molecule has 0 bridgehead atoms. The lowest BCUT2D eigenvalue weighted by Crippen LogP contribution is -1.99. The summed E-state index contributed by atoms with van der Waals surface area (Å²) in [4.78, 5) is 51.4. The highest BCUT2D eigenvalue weighted by Crippen LogP contribution is 2.51. The Hall–Kier alpha value is -14.4. The highest BCUT2D eigenvalue weighted by molar-refractivity contribution is 6.52. The number of hydrogen-bond donors (Lipinski definition) is 4. The fourth-order valence-electron chi connectivity index (χ4n) is 17.1. The van der Waals surface area contributed by atoms with Crippen LogP contribution < -0.4 is 4.74 Å². The molecular weight excluding hydrogens is 1740 g/mol. The smallest absolute Gasteiger partial charge is 0.328 e. The second-order valence-corrected chi connectivity index (χ2v) is 33.0. The number of halogens is 7. The van der Waals surface area contributed by atoms with Crippen molar-refractivity contribution in [3.63, 3.8) is 0 Å². The molecule has 12 aromatic rings. The number of carboxylic acids is 4. The Morgan fingerprint density at radius 3 is 1.21 bits per heavy atom. The predicted molar refractivity (Wildman–Crippen MR) is 534 cm³/mol. The molecule has 0 atom stereocenters. The third kappa shape index (κ3) is 22.9. The van der Waals surface area contributed by atoms with Crippen molar-refractivity contribution in [2.24, 2.45) is 0 Å². The molecule has 0 spiro atoms. The van der Waals surface area contributed by atoms with E-state index in [9.17, 15) is 32.3 Å². The fraction of sp³-hybridized carbons (Fsp3) is 0.123. The second kappa shape index (κ2) is 44.3. The quantitative estimate of drug-likeness (QED) is 0.0245. The van der Waals surface area contributed by atoms with Crippen LogP contribution in [-0.2, 0) is 44.9 Å². The van der Waals surface area contributed by atoms with Crippen LogP contribution in [0.5, 0.6) is 5.75 Å². The molecular formula is C114H91Cl4F3N2O9. The van der Waals surface area contributed by atoms with Crippen molar-refractivity contribution < 1.29 is 57.5 Å². The summed E-state index contributed by atoms with van der Waals surface area (Å²) >= 11 is 26.6. The molecule has 0 radical (unpaired) electrons. The molecule has 0 amide bonds. The number of pyridine rings is 1. The van der Waals surface area contributed by atoms with Gasteiger partial charge in [0.2, 0.25) is 0 Å². The van der Waals surface area contributed by atoms with E-state index in [0.29, 0.717) is 57.8 Å². The number of fused-ring (bicyclic) bond motifs is 4. The molecule has 132 heavy (non-hydrogen) atoms. The third-order valence-corrected chi connectivity index (χ3v) is 24.6. The molecule has 11 nitrogen and oxygen atoms in total. The average Bonchev–Trinajstić information content (AvgIpc) is 1.61. The molecule has 1 aromatic heterocycles. The van der Waals surface area contributed by atoms with Crippen LogP contribution in [0, 0.1) is 30.9 Å². The Labute approximate surface area is 786 Å². The van der Waals surface area contributed by atoms with E-state index in [1.54, 1.807) is 43.7 Å². The summed E-state index contributed by atoms with van der Waals surface area (Å²) in [7, 11) is 1.59.